The largest absolute Gasteiger partial charge is 0.336 e. The minimum atomic E-state index is -0.575. The van der Waals surface area contributed by atoms with E-state index in [1.165, 1.54) is 34.4 Å². The van der Waals surface area contributed by atoms with Crippen molar-refractivity contribution in [2.24, 2.45) is 0 Å². The monoisotopic (exact) mass is 284 g/mol. The molecule has 1 aromatic heterocycles. The number of hydrogen-bond donors (Lipinski definition) is 0. The minimum absolute atomic E-state index is 0.0276. The maximum atomic E-state index is 13.5. The van der Waals surface area contributed by atoms with Crippen molar-refractivity contribution in [1.82, 2.24) is 9.88 Å². The van der Waals surface area contributed by atoms with Crippen LogP contribution in [0.4, 0.5) is 4.39 Å². The lowest BCUT2D eigenvalue weighted by Gasteiger charge is -2.16. The fraction of sp³-hybridized carbons (Fsp3) is 0.167. The molecule has 1 amide bonds. The highest BCUT2D eigenvalue weighted by Crippen LogP contribution is 2.17. The topological polar surface area (TPSA) is 33.2 Å². The molecule has 1 heterocycles. The van der Waals surface area contributed by atoms with Crippen molar-refractivity contribution >= 4 is 28.8 Å². The summed E-state index contributed by atoms with van der Waals surface area (Å²) in [5.41, 5.74) is 2.44. The lowest BCUT2D eigenvalue weighted by Crippen LogP contribution is -2.27. The van der Waals surface area contributed by atoms with E-state index in [2.05, 4.69) is 4.98 Å². The van der Waals surface area contributed by atoms with E-state index in [1.807, 2.05) is 5.38 Å². The van der Waals surface area contributed by atoms with Crippen molar-refractivity contribution < 1.29 is 9.18 Å². The van der Waals surface area contributed by atoms with Gasteiger partial charge in [0.15, 0.2) is 0 Å². The van der Waals surface area contributed by atoms with Crippen LogP contribution in [0.25, 0.3) is 0 Å². The molecule has 3 nitrogen and oxygen atoms in total. The van der Waals surface area contributed by atoms with Gasteiger partial charge in [0, 0.05) is 17.5 Å². The molecule has 18 heavy (non-hydrogen) atoms. The Balaban J connectivity index is 2.17. The van der Waals surface area contributed by atoms with Gasteiger partial charge >= 0.3 is 0 Å². The third-order valence-corrected chi connectivity index (χ3v) is 3.26. The second-order valence-corrected chi connectivity index (χ2v) is 4.92. The first-order valence-electron chi connectivity index (χ1n) is 5.15. The number of hydrogen-bond acceptors (Lipinski definition) is 3. The van der Waals surface area contributed by atoms with Crippen LogP contribution in [0.5, 0.6) is 0 Å². The molecular formula is C12H10ClFN2OS. The Labute approximate surface area is 113 Å². The van der Waals surface area contributed by atoms with Crippen molar-refractivity contribution in [3.8, 4) is 0 Å². The molecule has 0 N–H and O–H groups in total. The van der Waals surface area contributed by atoms with Crippen LogP contribution in [-0.4, -0.2) is 22.8 Å². The molecule has 2 rings (SSSR count). The maximum absolute atomic E-state index is 13.5. The van der Waals surface area contributed by atoms with Crippen molar-refractivity contribution in [1.29, 1.82) is 0 Å². The zero-order chi connectivity index (χ0) is 13.1. The number of benzene rings is 1. The number of thiazole rings is 1. The molecule has 0 radical (unpaired) electrons. The Bertz CT molecular complexity index is 559. The Morgan fingerprint density at radius 1 is 1.56 bits per heavy atom. The van der Waals surface area contributed by atoms with Crippen molar-refractivity contribution in [2.45, 2.75) is 6.54 Å². The van der Waals surface area contributed by atoms with E-state index in [1.54, 1.807) is 12.6 Å². The number of rotatable bonds is 3. The van der Waals surface area contributed by atoms with E-state index in [0.717, 1.165) is 5.69 Å². The number of carbonyl (C=O) groups is 1. The normalized spacial score (nSPS) is 10.4. The van der Waals surface area contributed by atoms with Gasteiger partial charge in [-0.3, -0.25) is 4.79 Å². The number of carbonyl (C=O) groups excluding carboxylic acids is 1. The Kier molecular flexibility index (Phi) is 3.93. The molecule has 1 aromatic carbocycles. The van der Waals surface area contributed by atoms with Gasteiger partial charge in [-0.1, -0.05) is 11.6 Å². The Hall–Kier alpha value is -1.46. The fourth-order valence-corrected chi connectivity index (χ4v) is 2.22. The number of aromatic nitrogens is 1. The summed E-state index contributed by atoms with van der Waals surface area (Å²) in [6.07, 6.45) is 0. The molecule has 0 saturated carbocycles. The van der Waals surface area contributed by atoms with Crippen LogP contribution in [0.2, 0.25) is 5.02 Å². The molecule has 0 saturated heterocycles. The predicted octanol–water partition coefficient (Wildman–Crippen LogP) is 3.21. The highest BCUT2D eigenvalue weighted by Gasteiger charge is 2.17. The smallest absolute Gasteiger partial charge is 0.256 e. The van der Waals surface area contributed by atoms with E-state index in [4.69, 9.17) is 11.6 Å². The summed E-state index contributed by atoms with van der Waals surface area (Å²) in [7, 11) is 1.60. The fourth-order valence-electron chi connectivity index (χ4n) is 1.50. The molecular weight excluding hydrogens is 275 g/mol. The molecule has 0 aliphatic rings. The van der Waals surface area contributed by atoms with Crippen molar-refractivity contribution in [3.05, 3.63) is 51.2 Å². The Morgan fingerprint density at radius 3 is 3.00 bits per heavy atom. The number of halogens is 2. The third-order valence-electron chi connectivity index (χ3n) is 2.39. The summed E-state index contributed by atoms with van der Waals surface area (Å²) in [5, 5.41) is 2.18. The summed E-state index contributed by atoms with van der Waals surface area (Å²) in [4.78, 5) is 17.5. The first kappa shape index (κ1) is 13.0. The van der Waals surface area contributed by atoms with Gasteiger partial charge in [-0.25, -0.2) is 9.37 Å². The van der Waals surface area contributed by atoms with E-state index in [9.17, 15) is 9.18 Å². The van der Waals surface area contributed by atoms with E-state index in [-0.39, 0.29) is 5.56 Å². The first-order valence-corrected chi connectivity index (χ1v) is 6.47. The zero-order valence-electron chi connectivity index (χ0n) is 9.56. The van der Waals surface area contributed by atoms with Gasteiger partial charge in [-0.2, -0.15) is 0 Å². The SMILES string of the molecule is CN(Cc1cscn1)C(=O)c1cc(Cl)ccc1F. The summed E-state index contributed by atoms with van der Waals surface area (Å²) >= 11 is 7.21. The highest BCUT2D eigenvalue weighted by molar-refractivity contribution is 7.07. The zero-order valence-corrected chi connectivity index (χ0v) is 11.1. The summed E-state index contributed by atoms with van der Waals surface area (Å²) in [5.74, 6) is -0.988. The Morgan fingerprint density at radius 2 is 2.33 bits per heavy atom. The predicted molar refractivity (Wildman–Crippen MR) is 69.3 cm³/mol. The number of amides is 1. The standard InChI is InChI=1S/C12H10ClFN2OS/c1-16(5-9-6-18-7-15-9)12(17)10-4-8(13)2-3-11(10)14/h2-4,6-7H,5H2,1H3. The molecule has 6 heteroatoms. The molecule has 0 spiro atoms. The van der Waals surface area contributed by atoms with Gasteiger partial charge in [-0.15, -0.1) is 11.3 Å². The van der Waals surface area contributed by atoms with Gasteiger partial charge < -0.3 is 4.90 Å². The van der Waals surface area contributed by atoms with Gasteiger partial charge in [0.2, 0.25) is 0 Å². The quantitative estimate of drug-likeness (QED) is 0.867. The minimum Gasteiger partial charge on any atom is -0.336 e. The van der Waals surface area contributed by atoms with Crippen LogP contribution in [0, 0.1) is 5.82 Å². The molecule has 0 bridgehead atoms. The van der Waals surface area contributed by atoms with Crippen molar-refractivity contribution in [3.63, 3.8) is 0 Å². The molecule has 0 aliphatic heterocycles. The van der Waals surface area contributed by atoms with Gasteiger partial charge in [0.05, 0.1) is 23.3 Å². The summed E-state index contributed by atoms with van der Waals surface area (Å²) in [6, 6.07) is 3.93. The molecule has 0 atom stereocenters. The second kappa shape index (κ2) is 5.46. The lowest BCUT2D eigenvalue weighted by molar-refractivity contribution is 0.0779. The van der Waals surface area contributed by atoms with Crippen LogP contribution < -0.4 is 0 Å². The number of nitrogens with zero attached hydrogens (tertiary/aromatic N) is 2. The molecule has 0 aliphatic carbocycles. The van der Waals surface area contributed by atoms with Crippen LogP contribution in [0.15, 0.2) is 29.1 Å². The average Bonchev–Trinajstić information content (AvgIpc) is 2.84. The van der Waals surface area contributed by atoms with Gasteiger partial charge in [-0.05, 0) is 18.2 Å². The highest BCUT2D eigenvalue weighted by atomic mass is 35.5. The second-order valence-electron chi connectivity index (χ2n) is 3.77. The third kappa shape index (κ3) is 2.86. The van der Waals surface area contributed by atoms with Crippen LogP contribution in [0.3, 0.4) is 0 Å². The molecule has 0 unspecified atom stereocenters. The van der Waals surface area contributed by atoms with Crippen LogP contribution in [0.1, 0.15) is 16.1 Å². The maximum Gasteiger partial charge on any atom is 0.256 e. The average molecular weight is 285 g/mol. The lowest BCUT2D eigenvalue weighted by atomic mass is 10.2. The first-order chi connectivity index (χ1) is 8.58. The van der Waals surface area contributed by atoms with Gasteiger partial charge in [0.25, 0.3) is 5.91 Å². The summed E-state index contributed by atoms with van der Waals surface area (Å²) in [6.45, 7) is 0.342. The van der Waals surface area contributed by atoms with E-state index >= 15 is 0 Å². The molecule has 94 valence electrons. The van der Waals surface area contributed by atoms with E-state index < -0.39 is 11.7 Å². The van der Waals surface area contributed by atoms with Crippen LogP contribution in [-0.2, 0) is 6.54 Å². The van der Waals surface area contributed by atoms with Crippen LogP contribution >= 0.6 is 22.9 Å². The van der Waals surface area contributed by atoms with E-state index in [0.29, 0.717) is 11.6 Å². The summed E-state index contributed by atoms with van der Waals surface area (Å²) < 4.78 is 13.5. The van der Waals surface area contributed by atoms with Gasteiger partial charge in [0.1, 0.15) is 5.82 Å². The van der Waals surface area contributed by atoms with Crippen molar-refractivity contribution in [2.75, 3.05) is 7.05 Å². The molecule has 0 fully saturated rings. The molecule has 2 aromatic rings.